The second-order valence-corrected chi connectivity index (χ2v) is 6.58. The molecule has 0 radical (unpaired) electrons. The van der Waals surface area contributed by atoms with Crippen molar-refractivity contribution in [1.29, 1.82) is 0 Å². The maximum atomic E-state index is 12.0. The van der Waals surface area contributed by atoms with Crippen molar-refractivity contribution in [2.45, 2.75) is 6.42 Å². The van der Waals surface area contributed by atoms with E-state index in [1.165, 1.54) is 11.3 Å². The first kappa shape index (κ1) is 16.1. The molecule has 0 aliphatic carbocycles. The van der Waals surface area contributed by atoms with Crippen LogP contribution in [0, 0.1) is 0 Å². The van der Waals surface area contributed by atoms with Gasteiger partial charge < -0.3 is 4.74 Å². The minimum atomic E-state index is -0.394. The number of rotatable bonds is 4. The molecule has 23 heavy (non-hydrogen) atoms. The molecule has 1 aromatic carbocycles. The van der Waals surface area contributed by atoms with E-state index in [0.29, 0.717) is 21.1 Å². The lowest BCUT2D eigenvalue weighted by atomic mass is 10.2. The minimum Gasteiger partial charge on any atom is -0.423 e. The van der Waals surface area contributed by atoms with Gasteiger partial charge in [0, 0.05) is 17.1 Å². The van der Waals surface area contributed by atoms with Crippen molar-refractivity contribution in [3.63, 3.8) is 0 Å². The quantitative estimate of drug-likeness (QED) is 0.460. The van der Waals surface area contributed by atoms with Crippen LogP contribution in [0.4, 0.5) is 0 Å². The number of nitrogens with zero attached hydrogens (tertiary/aromatic N) is 2. The van der Waals surface area contributed by atoms with Gasteiger partial charge in [-0.25, -0.2) is 9.97 Å². The Bertz CT molecular complexity index is 853. The highest BCUT2D eigenvalue weighted by Gasteiger charge is 2.13. The zero-order chi connectivity index (χ0) is 16.2. The lowest BCUT2D eigenvalue weighted by Crippen LogP contribution is -2.12. The molecule has 0 atom stereocenters. The summed E-state index contributed by atoms with van der Waals surface area (Å²) in [7, 11) is 0. The molecular weight excluding hydrogens is 400 g/mol. The summed E-state index contributed by atoms with van der Waals surface area (Å²) >= 11 is 10.8. The van der Waals surface area contributed by atoms with Crippen molar-refractivity contribution in [3.05, 3.63) is 63.3 Å². The van der Waals surface area contributed by atoms with Crippen LogP contribution in [0.5, 0.6) is 5.75 Å². The number of hydrogen-bond donors (Lipinski definition) is 0. The number of hydrogen-bond acceptors (Lipinski definition) is 5. The summed E-state index contributed by atoms with van der Waals surface area (Å²) in [6, 6.07) is 10.8. The van der Waals surface area contributed by atoms with Crippen LogP contribution in [0.1, 0.15) is 5.69 Å². The van der Waals surface area contributed by atoms with Crippen molar-refractivity contribution in [1.82, 2.24) is 9.97 Å². The number of ether oxygens (including phenoxy) is 1. The second-order valence-electron chi connectivity index (χ2n) is 4.57. The summed E-state index contributed by atoms with van der Waals surface area (Å²) in [6.07, 6.45) is 1.69. The Labute approximate surface area is 150 Å². The number of esters is 1. The fraction of sp³-hybridized carbons (Fsp3) is 0.0625. The van der Waals surface area contributed by atoms with Crippen molar-refractivity contribution in [2.75, 3.05) is 0 Å². The fourth-order valence-corrected chi connectivity index (χ4v) is 3.37. The molecule has 2 aromatic heterocycles. The molecule has 0 bridgehead atoms. The van der Waals surface area contributed by atoms with Crippen molar-refractivity contribution >= 4 is 44.8 Å². The van der Waals surface area contributed by atoms with Gasteiger partial charge in [-0.2, -0.15) is 0 Å². The topological polar surface area (TPSA) is 52.1 Å². The van der Waals surface area contributed by atoms with Gasteiger partial charge in [0.05, 0.1) is 17.1 Å². The third-order valence-corrected chi connectivity index (χ3v) is 4.78. The van der Waals surface area contributed by atoms with Gasteiger partial charge in [0.1, 0.15) is 9.61 Å². The van der Waals surface area contributed by atoms with Gasteiger partial charge in [-0.1, -0.05) is 29.8 Å². The van der Waals surface area contributed by atoms with E-state index in [-0.39, 0.29) is 6.42 Å². The predicted octanol–water partition coefficient (Wildman–Crippen LogP) is 4.77. The Kier molecular flexibility index (Phi) is 5.05. The molecule has 7 heteroatoms. The van der Waals surface area contributed by atoms with E-state index >= 15 is 0 Å². The Morgan fingerprint density at radius 2 is 2.09 bits per heavy atom. The lowest BCUT2D eigenvalue weighted by Gasteiger charge is -2.04. The number of benzene rings is 1. The second kappa shape index (κ2) is 7.21. The third-order valence-electron chi connectivity index (χ3n) is 2.93. The van der Waals surface area contributed by atoms with E-state index in [1.807, 2.05) is 29.6 Å². The Balaban J connectivity index is 1.71. The first-order valence-electron chi connectivity index (χ1n) is 6.64. The van der Waals surface area contributed by atoms with Crippen molar-refractivity contribution < 1.29 is 9.53 Å². The normalized spacial score (nSPS) is 10.5. The largest absolute Gasteiger partial charge is 0.423 e. The Hall–Kier alpha value is -1.76. The minimum absolute atomic E-state index is 0.0856. The summed E-state index contributed by atoms with van der Waals surface area (Å²) in [5.74, 6) is -0.00577. The van der Waals surface area contributed by atoms with E-state index in [2.05, 4.69) is 25.9 Å². The van der Waals surface area contributed by atoms with E-state index in [1.54, 1.807) is 18.3 Å². The van der Waals surface area contributed by atoms with Crippen LogP contribution in [0.3, 0.4) is 0 Å². The van der Waals surface area contributed by atoms with Gasteiger partial charge in [-0.3, -0.25) is 4.79 Å². The number of pyridine rings is 1. The molecule has 0 aliphatic rings. The van der Waals surface area contributed by atoms with Crippen LogP contribution in [0.15, 0.2) is 52.6 Å². The van der Waals surface area contributed by atoms with Crippen LogP contribution in [0.25, 0.3) is 10.6 Å². The van der Waals surface area contributed by atoms with Gasteiger partial charge in [0.2, 0.25) is 0 Å². The van der Waals surface area contributed by atoms with Crippen molar-refractivity contribution in [3.8, 4) is 16.3 Å². The highest BCUT2D eigenvalue weighted by atomic mass is 79.9. The van der Waals surface area contributed by atoms with Gasteiger partial charge in [0.25, 0.3) is 0 Å². The molecule has 0 fully saturated rings. The summed E-state index contributed by atoms with van der Waals surface area (Å²) in [4.78, 5) is 20.5. The maximum Gasteiger partial charge on any atom is 0.317 e. The zero-order valence-corrected chi connectivity index (χ0v) is 14.9. The molecule has 3 aromatic rings. The molecule has 0 aliphatic heterocycles. The Morgan fingerprint density at radius 1 is 1.26 bits per heavy atom. The molecule has 0 spiro atoms. The van der Waals surface area contributed by atoms with E-state index < -0.39 is 5.97 Å². The van der Waals surface area contributed by atoms with Gasteiger partial charge >= 0.3 is 5.97 Å². The summed E-state index contributed by atoms with van der Waals surface area (Å²) in [5, 5.41) is 3.24. The van der Waals surface area contributed by atoms with E-state index in [9.17, 15) is 4.79 Å². The molecular formula is C16H10BrClN2O2S. The lowest BCUT2D eigenvalue weighted by molar-refractivity contribution is -0.133. The summed E-state index contributed by atoms with van der Waals surface area (Å²) in [6.45, 7) is 0. The Morgan fingerprint density at radius 3 is 2.87 bits per heavy atom. The molecule has 0 unspecified atom stereocenters. The summed E-state index contributed by atoms with van der Waals surface area (Å²) < 4.78 is 5.77. The van der Waals surface area contributed by atoms with Gasteiger partial charge in [-0.05, 0) is 34.1 Å². The number of aromatic nitrogens is 2. The molecule has 0 saturated carbocycles. The molecule has 0 N–H and O–H groups in total. The molecule has 4 nitrogen and oxygen atoms in total. The van der Waals surface area contributed by atoms with Crippen LogP contribution >= 0.6 is 38.9 Å². The van der Waals surface area contributed by atoms with Gasteiger partial charge in [-0.15, -0.1) is 11.3 Å². The first-order chi connectivity index (χ1) is 11.1. The number of carbonyl (C=O) groups is 1. The third kappa shape index (κ3) is 3.96. The first-order valence-corrected chi connectivity index (χ1v) is 8.69. The van der Waals surface area contributed by atoms with E-state index in [4.69, 9.17) is 16.3 Å². The molecule has 0 amide bonds. The van der Waals surface area contributed by atoms with E-state index in [0.717, 1.165) is 10.6 Å². The summed E-state index contributed by atoms with van der Waals surface area (Å²) in [5.41, 5.74) is 1.50. The number of halogens is 2. The van der Waals surface area contributed by atoms with Crippen LogP contribution in [-0.4, -0.2) is 15.9 Å². The molecule has 2 heterocycles. The van der Waals surface area contributed by atoms with Gasteiger partial charge in [0.15, 0.2) is 5.75 Å². The SMILES string of the molecule is O=C(Cc1csc(-c2ccccc2Cl)n1)Oc1cccnc1Br. The van der Waals surface area contributed by atoms with Crippen LogP contribution in [0.2, 0.25) is 5.02 Å². The highest BCUT2D eigenvalue weighted by Crippen LogP contribution is 2.30. The smallest absolute Gasteiger partial charge is 0.317 e. The standard InChI is InChI=1S/C16H10BrClN2O2S/c17-15-13(6-3-7-19-15)22-14(21)8-10-9-23-16(20-10)11-4-1-2-5-12(11)18/h1-7,9H,8H2. The van der Waals surface area contributed by atoms with Crippen LogP contribution in [-0.2, 0) is 11.2 Å². The van der Waals surface area contributed by atoms with Crippen LogP contribution < -0.4 is 4.74 Å². The zero-order valence-electron chi connectivity index (χ0n) is 11.7. The average Bonchev–Trinajstić information content (AvgIpc) is 2.98. The number of carbonyl (C=O) groups excluding carboxylic acids is 1. The number of thiazole rings is 1. The molecule has 0 saturated heterocycles. The monoisotopic (exact) mass is 408 g/mol. The molecule has 116 valence electrons. The fourth-order valence-electron chi connectivity index (χ4n) is 1.90. The highest BCUT2D eigenvalue weighted by molar-refractivity contribution is 9.10. The molecule has 3 rings (SSSR count). The van der Waals surface area contributed by atoms with Crippen molar-refractivity contribution in [2.24, 2.45) is 0 Å². The average molecular weight is 410 g/mol. The maximum absolute atomic E-state index is 12.0. The predicted molar refractivity (Wildman–Crippen MR) is 93.8 cm³/mol.